The van der Waals surface area contributed by atoms with Crippen LogP contribution in [0.25, 0.3) is 0 Å². The van der Waals surface area contributed by atoms with Gasteiger partial charge in [-0.3, -0.25) is 0 Å². The minimum Gasteiger partial charge on any atom is -0.469 e. The zero-order valence-electron chi connectivity index (χ0n) is 8.64. The Balaban J connectivity index is 1.76. The predicted molar refractivity (Wildman–Crippen MR) is 55.2 cm³/mol. The molecule has 1 N–H and O–H groups in total. The molecule has 0 saturated heterocycles. The summed E-state index contributed by atoms with van der Waals surface area (Å²) in [5, 5.41) is 7.01. The van der Waals surface area contributed by atoms with Crippen molar-refractivity contribution in [2.24, 2.45) is 0 Å². The zero-order valence-corrected chi connectivity index (χ0v) is 8.64. The van der Waals surface area contributed by atoms with Gasteiger partial charge in [0.15, 0.2) is 0 Å². The van der Waals surface area contributed by atoms with Gasteiger partial charge in [0.05, 0.1) is 12.5 Å². The molecule has 15 heavy (non-hydrogen) atoms. The summed E-state index contributed by atoms with van der Waals surface area (Å²) in [4.78, 5) is 0. The van der Waals surface area contributed by atoms with Crippen molar-refractivity contribution < 1.29 is 8.94 Å². The van der Waals surface area contributed by atoms with Gasteiger partial charge in [-0.1, -0.05) is 5.16 Å². The van der Waals surface area contributed by atoms with Gasteiger partial charge in [0.1, 0.15) is 12.0 Å². The van der Waals surface area contributed by atoms with E-state index in [1.807, 2.05) is 12.1 Å². The fourth-order valence-electron chi connectivity index (χ4n) is 1.41. The van der Waals surface area contributed by atoms with Crippen molar-refractivity contribution >= 4 is 0 Å². The van der Waals surface area contributed by atoms with Crippen LogP contribution in [0.15, 0.2) is 39.8 Å². The summed E-state index contributed by atoms with van der Waals surface area (Å²) in [7, 11) is 0. The molecule has 4 nitrogen and oxygen atoms in total. The van der Waals surface area contributed by atoms with Crippen LogP contribution in [-0.4, -0.2) is 11.2 Å². The van der Waals surface area contributed by atoms with E-state index < -0.39 is 0 Å². The number of rotatable bonds is 5. The van der Waals surface area contributed by atoms with Crippen LogP contribution >= 0.6 is 0 Å². The highest BCUT2D eigenvalue weighted by molar-refractivity contribution is 5.02. The minimum absolute atomic E-state index is 0.367. The van der Waals surface area contributed by atoms with Gasteiger partial charge in [0.25, 0.3) is 0 Å². The third-order valence-corrected chi connectivity index (χ3v) is 2.23. The molecule has 2 aromatic rings. The van der Waals surface area contributed by atoms with E-state index >= 15 is 0 Å². The number of furan rings is 1. The van der Waals surface area contributed by atoms with E-state index in [-0.39, 0.29) is 0 Å². The molecule has 0 spiro atoms. The molecule has 0 aliphatic heterocycles. The van der Waals surface area contributed by atoms with Crippen LogP contribution in [0.5, 0.6) is 0 Å². The van der Waals surface area contributed by atoms with Gasteiger partial charge in [-0.2, -0.15) is 0 Å². The first-order valence-electron chi connectivity index (χ1n) is 4.98. The summed E-state index contributed by atoms with van der Waals surface area (Å²) in [5.41, 5.74) is 1.06. The Morgan fingerprint density at radius 3 is 3.13 bits per heavy atom. The van der Waals surface area contributed by atoms with Gasteiger partial charge < -0.3 is 14.3 Å². The Labute approximate surface area is 88.3 Å². The summed E-state index contributed by atoms with van der Waals surface area (Å²) < 4.78 is 10.0. The topological polar surface area (TPSA) is 51.2 Å². The van der Waals surface area contributed by atoms with Gasteiger partial charge >= 0.3 is 0 Å². The van der Waals surface area contributed by atoms with E-state index in [1.165, 1.54) is 0 Å². The van der Waals surface area contributed by atoms with Gasteiger partial charge in [-0.25, -0.2) is 0 Å². The molecule has 4 heteroatoms. The average molecular weight is 206 g/mol. The maximum atomic E-state index is 5.27. The lowest BCUT2D eigenvalue weighted by Gasteiger charge is -2.10. The number of nitrogens with zero attached hydrogens (tertiary/aromatic N) is 1. The van der Waals surface area contributed by atoms with Gasteiger partial charge in [-0.15, -0.1) is 0 Å². The Morgan fingerprint density at radius 1 is 1.53 bits per heavy atom. The molecule has 2 aromatic heterocycles. The molecule has 0 bridgehead atoms. The van der Waals surface area contributed by atoms with Crippen LogP contribution in [0, 0.1) is 0 Å². The fourth-order valence-corrected chi connectivity index (χ4v) is 1.41. The third kappa shape index (κ3) is 2.95. The second kappa shape index (κ2) is 4.79. The molecule has 80 valence electrons. The third-order valence-electron chi connectivity index (χ3n) is 2.23. The van der Waals surface area contributed by atoms with Crippen molar-refractivity contribution in [1.82, 2.24) is 10.5 Å². The number of nitrogens with one attached hydrogen (secondary N) is 1. The maximum absolute atomic E-state index is 5.27. The molecule has 0 aliphatic rings. The fraction of sp³-hybridized carbons (Fsp3) is 0.364. The van der Waals surface area contributed by atoms with Crippen LogP contribution < -0.4 is 5.32 Å². The highest BCUT2D eigenvalue weighted by Crippen LogP contribution is 2.04. The molecule has 0 fully saturated rings. The standard InChI is InChI=1S/C11H14N2O2/c1-9(5-11-3-2-4-14-11)12-6-10-7-13-15-8-10/h2-4,7-9,12H,5-6H2,1H3. The lowest BCUT2D eigenvalue weighted by Crippen LogP contribution is -2.27. The molecule has 1 unspecified atom stereocenters. The summed E-state index contributed by atoms with van der Waals surface area (Å²) in [6, 6.07) is 4.26. The van der Waals surface area contributed by atoms with Gasteiger partial charge in [0, 0.05) is 24.6 Å². The van der Waals surface area contributed by atoms with E-state index in [4.69, 9.17) is 8.94 Å². The maximum Gasteiger partial charge on any atom is 0.128 e. The smallest absolute Gasteiger partial charge is 0.128 e. The van der Waals surface area contributed by atoms with Crippen molar-refractivity contribution in [3.8, 4) is 0 Å². The van der Waals surface area contributed by atoms with E-state index in [9.17, 15) is 0 Å². The summed E-state index contributed by atoms with van der Waals surface area (Å²) in [6.07, 6.45) is 5.94. The molecule has 0 amide bonds. The highest BCUT2D eigenvalue weighted by atomic mass is 16.5. The molecule has 0 aliphatic carbocycles. The Hall–Kier alpha value is -1.55. The molecule has 2 rings (SSSR count). The zero-order chi connectivity index (χ0) is 10.5. The van der Waals surface area contributed by atoms with Crippen LogP contribution in [0.3, 0.4) is 0 Å². The van der Waals surface area contributed by atoms with E-state index in [2.05, 4.69) is 17.4 Å². The Bertz CT molecular complexity index is 367. The second-order valence-electron chi connectivity index (χ2n) is 3.60. The average Bonchev–Trinajstić information content (AvgIpc) is 2.86. The second-order valence-corrected chi connectivity index (χ2v) is 3.60. The Kier molecular flexibility index (Phi) is 3.19. The molecule has 0 saturated carbocycles. The van der Waals surface area contributed by atoms with E-state index in [0.29, 0.717) is 6.04 Å². The van der Waals surface area contributed by atoms with Crippen molar-refractivity contribution in [2.75, 3.05) is 0 Å². The SMILES string of the molecule is CC(Cc1ccco1)NCc1cnoc1. The lowest BCUT2D eigenvalue weighted by atomic mass is 10.2. The molecule has 0 radical (unpaired) electrons. The molecule has 0 aromatic carbocycles. The largest absolute Gasteiger partial charge is 0.469 e. The van der Waals surface area contributed by atoms with Crippen molar-refractivity contribution in [2.45, 2.75) is 25.9 Å². The highest BCUT2D eigenvalue weighted by Gasteiger charge is 2.05. The van der Waals surface area contributed by atoms with Crippen molar-refractivity contribution in [3.63, 3.8) is 0 Å². The molecule has 2 heterocycles. The normalized spacial score (nSPS) is 12.9. The van der Waals surface area contributed by atoms with Crippen LogP contribution in [-0.2, 0) is 13.0 Å². The number of aromatic nitrogens is 1. The number of hydrogen-bond acceptors (Lipinski definition) is 4. The first kappa shape index (κ1) is 9.98. The van der Waals surface area contributed by atoms with Crippen LogP contribution in [0.4, 0.5) is 0 Å². The molecular weight excluding hydrogens is 192 g/mol. The summed E-state index contributed by atoms with van der Waals surface area (Å²) in [6.45, 7) is 2.89. The van der Waals surface area contributed by atoms with E-state index in [1.54, 1.807) is 18.7 Å². The lowest BCUT2D eigenvalue weighted by molar-refractivity contribution is 0.417. The van der Waals surface area contributed by atoms with Gasteiger partial charge in [0.2, 0.25) is 0 Å². The minimum atomic E-state index is 0.367. The van der Waals surface area contributed by atoms with E-state index in [0.717, 1.165) is 24.3 Å². The van der Waals surface area contributed by atoms with Crippen molar-refractivity contribution in [1.29, 1.82) is 0 Å². The first-order chi connectivity index (χ1) is 7.34. The summed E-state index contributed by atoms with van der Waals surface area (Å²) >= 11 is 0. The monoisotopic (exact) mass is 206 g/mol. The van der Waals surface area contributed by atoms with Crippen molar-refractivity contribution in [3.05, 3.63) is 42.2 Å². The molecular formula is C11H14N2O2. The first-order valence-corrected chi connectivity index (χ1v) is 4.98. The van der Waals surface area contributed by atoms with Crippen LogP contribution in [0.1, 0.15) is 18.2 Å². The van der Waals surface area contributed by atoms with Crippen LogP contribution in [0.2, 0.25) is 0 Å². The Morgan fingerprint density at radius 2 is 2.47 bits per heavy atom. The quantitative estimate of drug-likeness (QED) is 0.812. The predicted octanol–water partition coefficient (Wildman–Crippen LogP) is 1.99. The van der Waals surface area contributed by atoms with Gasteiger partial charge in [-0.05, 0) is 19.1 Å². The molecule has 1 atom stereocenters. The number of hydrogen-bond donors (Lipinski definition) is 1. The summed E-state index contributed by atoms with van der Waals surface area (Å²) in [5.74, 6) is 1.00.